The molecular weight excluding hydrogens is 416 g/mol. The lowest BCUT2D eigenvalue weighted by Gasteiger charge is -2.09. The van der Waals surface area contributed by atoms with Gasteiger partial charge in [0.15, 0.2) is 0 Å². The molecule has 0 fully saturated rings. The smallest absolute Gasteiger partial charge is 0.271 e. The van der Waals surface area contributed by atoms with Crippen molar-refractivity contribution >= 4 is 28.1 Å². The van der Waals surface area contributed by atoms with E-state index in [9.17, 15) is 4.79 Å². The van der Waals surface area contributed by atoms with Gasteiger partial charge in [0.05, 0.1) is 12.8 Å². The Bertz CT molecular complexity index is 773. The summed E-state index contributed by atoms with van der Waals surface area (Å²) in [6.45, 7) is 4.90. The lowest BCUT2D eigenvalue weighted by Crippen LogP contribution is -2.17. The summed E-state index contributed by atoms with van der Waals surface area (Å²) in [6.07, 6.45) is 8.98. The van der Waals surface area contributed by atoms with Crippen LogP contribution in [-0.2, 0) is 0 Å². The Balaban J connectivity index is 1.87. The average Bonchev–Trinajstić information content (AvgIpc) is 2.69. The Morgan fingerprint density at radius 3 is 2.54 bits per heavy atom. The minimum atomic E-state index is -0.235. The number of hydrogen-bond donors (Lipinski definition) is 1. The predicted molar refractivity (Wildman–Crippen MR) is 119 cm³/mol. The molecule has 150 valence electrons. The number of carbonyl (C=O) groups excluding carboxylic acids is 1. The van der Waals surface area contributed by atoms with E-state index in [2.05, 4.69) is 33.4 Å². The molecule has 0 bridgehead atoms. The molecule has 28 heavy (non-hydrogen) atoms. The predicted octanol–water partition coefficient (Wildman–Crippen LogP) is 6.26. The Labute approximate surface area is 176 Å². The van der Waals surface area contributed by atoms with Gasteiger partial charge in [-0.3, -0.25) is 4.79 Å². The van der Waals surface area contributed by atoms with Crippen molar-refractivity contribution in [3.8, 4) is 5.75 Å². The van der Waals surface area contributed by atoms with E-state index in [1.807, 2.05) is 37.3 Å². The summed E-state index contributed by atoms with van der Waals surface area (Å²) >= 11 is 3.47. The number of hydrazone groups is 1. The Kier molecular flexibility index (Phi) is 9.77. The fraction of sp³-hybridized carbons (Fsp3) is 0.391. The molecule has 0 aliphatic carbocycles. The van der Waals surface area contributed by atoms with Crippen LogP contribution >= 0.6 is 15.9 Å². The second kappa shape index (κ2) is 12.3. The van der Waals surface area contributed by atoms with Gasteiger partial charge in [0, 0.05) is 15.6 Å². The molecule has 0 saturated heterocycles. The van der Waals surface area contributed by atoms with Crippen LogP contribution in [0.2, 0.25) is 0 Å². The number of aryl methyl sites for hydroxylation is 1. The Morgan fingerprint density at radius 1 is 1.07 bits per heavy atom. The number of hydrogen-bond acceptors (Lipinski definition) is 3. The third-order valence-corrected chi connectivity index (χ3v) is 4.90. The van der Waals surface area contributed by atoms with Gasteiger partial charge in [-0.25, -0.2) is 5.43 Å². The molecular formula is C23H29BrN2O2. The molecule has 0 unspecified atom stereocenters. The van der Waals surface area contributed by atoms with E-state index >= 15 is 0 Å². The molecule has 0 aromatic heterocycles. The molecule has 1 amide bonds. The standard InChI is InChI=1S/C23H29BrN2O2/c1-3-4-5-6-7-8-15-28-22-14-13-21(24)16-20(22)17-25-26-23(27)19-11-9-18(2)10-12-19/h9-14,16-17H,3-8,15H2,1-2H3,(H,26,27)/b25-17+. The van der Waals surface area contributed by atoms with Crippen molar-refractivity contribution in [3.05, 3.63) is 63.6 Å². The van der Waals surface area contributed by atoms with Gasteiger partial charge < -0.3 is 4.74 Å². The lowest BCUT2D eigenvalue weighted by atomic mass is 10.1. The summed E-state index contributed by atoms with van der Waals surface area (Å²) < 4.78 is 6.87. The number of amides is 1. The zero-order valence-corrected chi connectivity index (χ0v) is 18.3. The van der Waals surface area contributed by atoms with Crippen LogP contribution in [0.1, 0.15) is 66.9 Å². The SMILES string of the molecule is CCCCCCCCOc1ccc(Br)cc1/C=N/NC(=O)c1ccc(C)cc1. The maximum absolute atomic E-state index is 12.2. The molecule has 0 saturated carbocycles. The quantitative estimate of drug-likeness (QED) is 0.252. The molecule has 0 atom stereocenters. The second-order valence-electron chi connectivity index (χ2n) is 6.86. The summed E-state index contributed by atoms with van der Waals surface area (Å²) in [6, 6.07) is 13.2. The van der Waals surface area contributed by atoms with Gasteiger partial charge in [0.1, 0.15) is 5.75 Å². The Hall–Kier alpha value is -2.14. The van der Waals surface area contributed by atoms with E-state index < -0.39 is 0 Å². The summed E-state index contributed by atoms with van der Waals surface area (Å²) in [7, 11) is 0. The number of nitrogens with one attached hydrogen (secondary N) is 1. The molecule has 2 rings (SSSR count). The zero-order valence-electron chi connectivity index (χ0n) is 16.7. The monoisotopic (exact) mass is 444 g/mol. The number of benzene rings is 2. The minimum Gasteiger partial charge on any atom is -0.493 e. The highest BCUT2D eigenvalue weighted by atomic mass is 79.9. The van der Waals surface area contributed by atoms with E-state index in [4.69, 9.17) is 4.74 Å². The molecule has 4 nitrogen and oxygen atoms in total. The van der Waals surface area contributed by atoms with Gasteiger partial charge >= 0.3 is 0 Å². The van der Waals surface area contributed by atoms with Crippen LogP contribution < -0.4 is 10.2 Å². The number of ether oxygens (including phenoxy) is 1. The molecule has 0 spiro atoms. The summed E-state index contributed by atoms with van der Waals surface area (Å²) in [5.41, 5.74) is 5.09. The van der Waals surface area contributed by atoms with Crippen LogP contribution in [0.5, 0.6) is 5.75 Å². The largest absolute Gasteiger partial charge is 0.493 e. The fourth-order valence-electron chi connectivity index (χ4n) is 2.75. The van der Waals surface area contributed by atoms with Crippen LogP contribution in [0.3, 0.4) is 0 Å². The fourth-order valence-corrected chi connectivity index (χ4v) is 3.12. The van der Waals surface area contributed by atoms with Crippen molar-refractivity contribution in [1.82, 2.24) is 5.43 Å². The second-order valence-corrected chi connectivity index (χ2v) is 7.78. The maximum Gasteiger partial charge on any atom is 0.271 e. The van der Waals surface area contributed by atoms with Crippen molar-refractivity contribution in [2.24, 2.45) is 5.10 Å². The molecule has 1 N–H and O–H groups in total. The van der Waals surface area contributed by atoms with Crippen LogP contribution in [-0.4, -0.2) is 18.7 Å². The van der Waals surface area contributed by atoms with Gasteiger partial charge in [-0.15, -0.1) is 0 Å². The molecule has 0 aliphatic rings. The first kappa shape index (κ1) is 22.2. The molecule has 2 aromatic carbocycles. The van der Waals surface area contributed by atoms with Crippen LogP contribution in [0, 0.1) is 6.92 Å². The van der Waals surface area contributed by atoms with E-state index in [-0.39, 0.29) is 5.91 Å². The molecule has 0 heterocycles. The summed E-state index contributed by atoms with van der Waals surface area (Å²) in [4.78, 5) is 12.2. The lowest BCUT2D eigenvalue weighted by molar-refractivity contribution is 0.0955. The van der Waals surface area contributed by atoms with E-state index in [1.54, 1.807) is 18.3 Å². The van der Waals surface area contributed by atoms with Gasteiger partial charge in [-0.05, 0) is 43.7 Å². The highest BCUT2D eigenvalue weighted by molar-refractivity contribution is 9.10. The van der Waals surface area contributed by atoms with Crippen LogP contribution in [0.25, 0.3) is 0 Å². The number of carbonyl (C=O) groups is 1. The van der Waals surface area contributed by atoms with Crippen molar-refractivity contribution in [1.29, 1.82) is 0 Å². The van der Waals surface area contributed by atoms with Gasteiger partial charge in [-0.1, -0.05) is 72.7 Å². The maximum atomic E-state index is 12.2. The summed E-state index contributed by atoms with van der Waals surface area (Å²) in [5.74, 6) is 0.533. The third-order valence-electron chi connectivity index (χ3n) is 4.41. The highest BCUT2D eigenvalue weighted by Gasteiger charge is 2.05. The van der Waals surface area contributed by atoms with Crippen LogP contribution in [0.15, 0.2) is 52.0 Å². The molecule has 0 aliphatic heterocycles. The van der Waals surface area contributed by atoms with Gasteiger partial charge in [-0.2, -0.15) is 5.10 Å². The van der Waals surface area contributed by atoms with Crippen LogP contribution in [0.4, 0.5) is 0 Å². The van der Waals surface area contributed by atoms with Gasteiger partial charge in [0.2, 0.25) is 0 Å². The van der Waals surface area contributed by atoms with E-state index in [1.165, 1.54) is 32.1 Å². The molecule has 5 heteroatoms. The minimum absolute atomic E-state index is 0.235. The van der Waals surface area contributed by atoms with Crippen molar-refractivity contribution in [3.63, 3.8) is 0 Å². The first-order valence-corrected chi connectivity index (χ1v) is 10.7. The van der Waals surface area contributed by atoms with Crippen molar-refractivity contribution in [2.75, 3.05) is 6.61 Å². The average molecular weight is 445 g/mol. The molecule has 2 aromatic rings. The van der Waals surface area contributed by atoms with Crippen molar-refractivity contribution in [2.45, 2.75) is 52.4 Å². The topological polar surface area (TPSA) is 50.7 Å². The number of nitrogens with zero attached hydrogens (tertiary/aromatic N) is 1. The Morgan fingerprint density at radius 2 is 1.79 bits per heavy atom. The first-order chi connectivity index (χ1) is 13.6. The van der Waals surface area contributed by atoms with Crippen molar-refractivity contribution < 1.29 is 9.53 Å². The zero-order chi connectivity index (χ0) is 20.2. The summed E-state index contributed by atoms with van der Waals surface area (Å²) in [5, 5.41) is 4.09. The number of unbranched alkanes of at least 4 members (excludes halogenated alkanes) is 5. The molecule has 0 radical (unpaired) electrons. The number of halogens is 1. The van der Waals surface area contributed by atoms with E-state index in [0.29, 0.717) is 12.2 Å². The normalized spacial score (nSPS) is 11.0. The highest BCUT2D eigenvalue weighted by Crippen LogP contribution is 2.22. The van der Waals surface area contributed by atoms with Gasteiger partial charge in [0.25, 0.3) is 5.91 Å². The third kappa shape index (κ3) is 7.85. The first-order valence-electron chi connectivity index (χ1n) is 9.92. The number of rotatable bonds is 11. The van der Waals surface area contributed by atoms with E-state index in [0.717, 1.165) is 27.8 Å².